The molecule has 0 spiro atoms. The van der Waals surface area contributed by atoms with E-state index < -0.39 is 0 Å². The van der Waals surface area contributed by atoms with Crippen molar-refractivity contribution in [2.75, 3.05) is 19.4 Å². The fourth-order valence-electron chi connectivity index (χ4n) is 1.00. The Labute approximate surface area is 92.1 Å². The number of nitrogens with zero attached hydrogens (tertiary/aromatic N) is 2. The van der Waals surface area contributed by atoms with Crippen molar-refractivity contribution in [1.29, 1.82) is 0 Å². The van der Waals surface area contributed by atoms with Crippen LogP contribution in [0.3, 0.4) is 0 Å². The van der Waals surface area contributed by atoms with E-state index in [2.05, 4.69) is 46.8 Å². The van der Waals surface area contributed by atoms with Gasteiger partial charge >= 0.3 is 0 Å². The van der Waals surface area contributed by atoms with E-state index in [-0.39, 0.29) is 0 Å². The minimum absolute atomic E-state index is 0.529. The standard InChI is InChI=1S/C9H15BrN2S/c1-7(4-10)9-11-5-8(13-9)6-12(2)3/h5,7H,4,6H2,1-3H3. The Kier molecular flexibility index (Phi) is 4.35. The highest BCUT2D eigenvalue weighted by atomic mass is 79.9. The molecule has 1 aromatic rings. The van der Waals surface area contributed by atoms with E-state index in [9.17, 15) is 0 Å². The van der Waals surface area contributed by atoms with Crippen LogP contribution in [0, 0.1) is 0 Å². The molecule has 0 radical (unpaired) electrons. The maximum absolute atomic E-state index is 4.40. The van der Waals surface area contributed by atoms with Gasteiger partial charge in [-0.3, -0.25) is 0 Å². The lowest BCUT2D eigenvalue weighted by molar-refractivity contribution is 0.406. The molecule has 4 heteroatoms. The van der Waals surface area contributed by atoms with Gasteiger partial charge in [0.05, 0.1) is 5.01 Å². The third kappa shape index (κ3) is 3.37. The molecule has 1 unspecified atom stereocenters. The van der Waals surface area contributed by atoms with Gasteiger partial charge in [-0.25, -0.2) is 4.98 Å². The molecule has 1 atom stereocenters. The molecular weight excluding hydrogens is 248 g/mol. The summed E-state index contributed by atoms with van der Waals surface area (Å²) >= 11 is 5.28. The van der Waals surface area contributed by atoms with Crippen LogP contribution in [0.15, 0.2) is 6.20 Å². The van der Waals surface area contributed by atoms with Crippen molar-refractivity contribution in [2.24, 2.45) is 0 Å². The summed E-state index contributed by atoms with van der Waals surface area (Å²) < 4.78 is 0. The van der Waals surface area contributed by atoms with E-state index in [1.54, 1.807) is 0 Å². The van der Waals surface area contributed by atoms with Gasteiger partial charge in [0.2, 0.25) is 0 Å². The zero-order valence-electron chi connectivity index (χ0n) is 8.25. The van der Waals surface area contributed by atoms with Crippen LogP contribution in [0.2, 0.25) is 0 Å². The molecule has 0 aliphatic rings. The van der Waals surface area contributed by atoms with Crippen molar-refractivity contribution in [1.82, 2.24) is 9.88 Å². The molecular formula is C9H15BrN2S. The molecule has 2 nitrogen and oxygen atoms in total. The smallest absolute Gasteiger partial charge is 0.0964 e. The Hall–Kier alpha value is 0.0700. The summed E-state index contributed by atoms with van der Waals surface area (Å²) in [6.07, 6.45) is 1.99. The summed E-state index contributed by atoms with van der Waals surface area (Å²) in [5, 5.41) is 2.22. The number of halogens is 1. The van der Waals surface area contributed by atoms with E-state index in [0.29, 0.717) is 5.92 Å². The normalized spacial score (nSPS) is 13.6. The van der Waals surface area contributed by atoms with Crippen LogP contribution in [0.1, 0.15) is 22.7 Å². The van der Waals surface area contributed by atoms with Gasteiger partial charge in [-0.05, 0) is 14.1 Å². The number of rotatable bonds is 4. The molecule has 1 heterocycles. The number of hydrogen-bond acceptors (Lipinski definition) is 3. The quantitative estimate of drug-likeness (QED) is 0.776. The first-order valence-electron chi connectivity index (χ1n) is 4.28. The average molecular weight is 263 g/mol. The maximum Gasteiger partial charge on any atom is 0.0964 e. The van der Waals surface area contributed by atoms with Crippen molar-refractivity contribution in [2.45, 2.75) is 19.4 Å². The van der Waals surface area contributed by atoms with Gasteiger partial charge in [-0.1, -0.05) is 22.9 Å². The van der Waals surface area contributed by atoms with Crippen LogP contribution >= 0.6 is 27.3 Å². The molecule has 0 aliphatic heterocycles. The molecule has 1 rings (SSSR count). The van der Waals surface area contributed by atoms with Crippen LogP contribution in [-0.4, -0.2) is 29.3 Å². The highest BCUT2D eigenvalue weighted by Crippen LogP contribution is 2.23. The van der Waals surface area contributed by atoms with Crippen LogP contribution in [0.4, 0.5) is 0 Å². The molecule has 0 saturated heterocycles. The second-order valence-electron chi connectivity index (χ2n) is 3.46. The molecule has 0 aliphatic carbocycles. The van der Waals surface area contributed by atoms with Crippen LogP contribution in [-0.2, 0) is 6.54 Å². The number of thiazole rings is 1. The second kappa shape index (κ2) is 5.08. The largest absolute Gasteiger partial charge is 0.304 e. The summed E-state index contributed by atoms with van der Waals surface area (Å²) in [6.45, 7) is 3.18. The van der Waals surface area contributed by atoms with Gasteiger partial charge in [-0.15, -0.1) is 11.3 Å². The van der Waals surface area contributed by atoms with Crippen LogP contribution < -0.4 is 0 Å². The van der Waals surface area contributed by atoms with E-state index in [4.69, 9.17) is 0 Å². The Bertz CT molecular complexity index is 260. The summed E-state index contributed by atoms with van der Waals surface area (Å²) in [4.78, 5) is 7.91. The average Bonchev–Trinajstić information content (AvgIpc) is 2.50. The van der Waals surface area contributed by atoms with Crippen molar-refractivity contribution in [3.63, 3.8) is 0 Å². The minimum Gasteiger partial charge on any atom is -0.304 e. The Balaban J connectivity index is 2.63. The van der Waals surface area contributed by atoms with E-state index in [1.165, 1.54) is 9.88 Å². The Morgan fingerprint density at radius 2 is 2.31 bits per heavy atom. The van der Waals surface area contributed by atoms with Gasteiger partial charge in [0.25, 0.3) is 0 Å². The van der Waals surface area contributed by atoms with Gasteiger partial charge in [-0.2, -0.15) is 0 Å². The van der Waals surface area contributed by atoms with Crippen molar-refractivity contribution in [3.05, 3.63) is 16.1 Å². The highest BCUT2D eigenvalue weighted by molar-refractivity contribution is 9.09. The molecule has 0 bridgehead atoms. The maximum atomic E-state index is 4.40. The predicted octanol–water partition coefficient (Wildman–Crippen LogP) is 2.70. The summed E-state index contributed by atoms with van der Waals surface area (Å²) in [6, 6.07) is 0. The lowest BCUT2D eigenvalue weighted by atomic mass is 10.2. The van der Waals surface area contributed by atoms with Crippen molar-refractivity contribution < 1.29 is 0 Å². The molecule has 13 heavy (non-hydrogen) atoms. The Morgan fingerprint density at radius 3 is 2.85 bits per heavy atom. The number of hydrogen-bond donors (Lipinski definition) is 0. The Morgan fingerprint density at radius 1 is 1.62 bits per heavy atom. The zero-order chi connectivity index (χ0) is 9.84. The van der Waals surface area contributed by atoms with Gasteiger partial charge in [0, 0.05) is 28.9 Å². The summed E-state index contributed by atoms with van der Waals surface area (Å²) in [5.74, 6) is 0.529. The molecule has 0 saturated carbocycles. The molecule has 0 fully saturated rings. The number of aromatic nitrogens is 1. The van der Waals surface area contributed by atoms with E-state index in [0.717, 1.165) is 11.9 Å². The molecule has 0 N–H and O–H groups in total. The third-order valence-electron chi connectivity index (χ3n) is 1.70. The fraction of sp³-hybridized carbons (Fsp3) is 0.667. The lowest BCUT2D eigenvalue weighted by Gasteiger charge is -2.05. The predicted molar refractivity (Wildman–Crippen MR) is 61.7 cm³/mol. The summed E-state index contributed by atoms with van der Waals surface area (Å²) in [5.41, 5.74) is 0. The SMILES string of the molecule is CC(CBr)c1ncc(CN(C)C)s1. The topological polar surface area (TPSA) is 16.1 Å². The second-order valence-corrected chi connectivity index (χ2v) is 5.25. The monoisotopic (exact) mass is 262 g/mol. The van der Waals surface area contributed by atoms with Crippen LogP contribution in [0.5, 0.6) is 0 Å². The molecule has 0 aromatic carbocycles. The fourth-order valence-corrected chi connectivity index (χ4v) is 2.61. The first-order chi connectivity index (χ1) is 6.13. The van der Waals surface area contributed by atoms with Gasteiger partial charge < -0.3 is 4.90 Å². The van der Waals surface area contributed by atoms with E-state index >= 15 is 0 Å². The van der Waals surface area contributed by atoms with Crippen molar-refractivity contribution >= 4 is 27.3 Å². The lowest BCUT2D eigenvalue weighted by Crippen LogP contribution is -2.09. The summed E-state index contributed by atoms with van der Waals surface area (Å²) in [7, 11) is 4.15. The van der Waals surface area contributed by atoms with Gasteiger partial charge in [0.1, 0.15) is 0 Å². The first kappa shape index (κ1) is 11.1. The van der Waals surface area contributed by atoms with Crippen LogP contribution in [0.25, 0.3) is 0 Å². The number of alkyl halides is 1. The molecule has 0 amide bonds. The minimum atomic E-state index is 0.529. The molecule has 74 valence electrons. The molecule has 1 aromatic heterocycles. The highest BCUT2D eigenvalue weighted by Gasteiger charge is 2.09. The van der Waals surface area contributed by atoms with Gasteiger partial charge in [0.15, 0.2) is 0 Å². The third-order valence-corrected chi connectivity index (χ3v) is 3.88. The van der Waals surface area contributed by atoms with Crippen molar-refractivity contribution in [3.8, 4) is 0 Å². The zero-order valence-corrected chi connectivity index (χ0v) is 10.7. The first-order valence-corrected chi connectivity index (χ1v) is 6.22. The van der Waals surface area contributed by atoms with E-state index in [1.807, 2.05) is 17.5 Å².